The van der Waals surface area contributed by atoms with E-state index in [9.17, 15) is 14.4 Å². The molecule has 0 aliphatic carbocycles. The molecule has 2 heterocycles. The number of aliphatic hydroxyl groups is 2. The Balaban J connectivity index is 0.000000257. The van der Waals surface area contributed by atoms with Crippen molar-refractivity contribution in [3.8, 4) is 0 Å². The number of esters is 1. The van der Waals surface area contributed by atoms with Crippen molar-refractivity contribution in [1.82, 2.24) is 4.90 Å². The molecule has 6 atom stereocenters. The number of hydrogen-bond donors (Lipinski definition) is 4. The first-order chi connectivity index (χ1) is 13.7. The van der Waals surface area contributed by atoms with Gasteiger partial charge in [0.15, 0.2) is 12.2 Å². The maximum atomic E-state index is 12.2. The third-order valence-corrected chi connectivity index (χ3v) is 5.77. The zero-order chi connectivity index (χ0) is 21.7. The number of aliphatic hydroxyl groups excluding tert-OH is 2. The number of carboxylic acids is 2. The lowest BCUT2D eigenvalue weighted by Gasteiger charge is -2.41. The molecule has 0 amide bonds. The Labute approximate surface area is 168 Å². The van der Waals surface area contributed by atoms with Gasteiger partial charge < -0.3 is 25.2 Å². The quantitative estimate of drug-likeness (QED) is 0.505. The number of nitrogens with zero attached hydrogens (tertiary/aromatic N) is 1. The summed E-state index contributed by atoms with van der Waals surface area (Å²) in [6.45, 7) is 0. The van der Waals surface area contributed by atoms with Gasteiger partial charge in [-0.25, -0.2) is 9.59 Å². The van der Waals surface area contributed by atoms with Crippen LogP contribution in [0, 0.1) is 5.92 Å². The molecule has 0 spiro atoms. The van der Waals surface area contributed by atoms with E-state index in [2.05, 4.69) is 36.2 Å². The summed E-state index contributed by atoms with van der Waals surface area (Å²) in [7, 11) is 3.66. The molecule has 2 bridgehead atoms. The summed E-state index contributed by atoms with van der Waals surface area (Å²) < 4.78 is 5.07. The summed E-state index contributed by atoms with van der Waals surface area (Å²) in [5.74, 6) is -3.30. The van der Waals surface area contributed by atoms with Crippen molar-refractivity contribution in [3.05, 3.63) is 35.9 Å². The summed E-state index contributed by atoms with van der Waals surface area (Å²) in [6, 6.07) is 11.4. The van der Waals surface area contributed by atoms with Gasteiger partial charge in [-0.3, -0.25) is 9.69 Å². The van der Waals surface area contributed by atoms with Gasteiger partial charge in [0.2, 0.25) is 0 Å². The fourth-order valence-electron chi connectivity index (χ4n) is 4.24. The molecule has 0 saturated carbocycles. The molecule has 3 rings (SSSR count). The lowest BCUT2D eigenvalue weighted by atomic mass is 9.76. The van der Waals surface area contributed by atoms with Crippen molar-refractivity contribution in [2.24, 2.45) is 5.92 Å². The normalized spacial score (nSPS) is 27.9. The van der Waals surface area contributed by atoms with Gasteiger partial charge in [-0.2, -0.15) is 0 Å². The van der Waals surface area contributed by atoms with E-state index in [-0.39, 0.29) is 11.9 Å². The molecule has 2 aliphatic heterocycles. The molecule has 2 aliphatic rings. The van der Waals surface area contributed by atoms with E-state index in [1.54, 1.807) is 0 Å². The SMILES string of the molecule is COC(=O)[C@@H]1[C@H](c2ccccc2)C[C@H]2CC[C@@H]1N2C.O=C(O)C(O)C(O)C(=O)O. The number of carboxylic acid groups (broad SMARTS) is 2. The Bertz CT molecular complexity index is 706. The molecule has 2 fully saturated rings. The molecule has 4 N–H and O–H groups in total. The van der Waals surface area contributed by atoms with E-state index in [0.717, 1.165) is 12.8 Å². The van der Waals surface area contributed by atoms with E-state index in [1.165, 1.54) is 19.1 Å². The number of ether oxygens (including phenoxy) is 1. The van der Waals surface area contributed by atoms with Crippen molar-refractivity contribution in [3.63, 3.8) is 0 Å². The molecular formula is C20H27NO8. The highest BCUT2D eigenvalue weighted by Gasteiger charge is 2.49. The van der Waals surface area contributed by atoms with Gasteiger partial charge in [0.25, 0.3) is 0 Å². The number of fused-ring (bicyclic) bond motifs is 2. The largest absolute Gasteiger partial charge is 0.479 e. The van der Waals surface area contributed by atoms with Crippen LogP contribution >= 0.6 is 0 Å². The Morgan fingerprint density at radius 3 is 2.07 bits per heavy atom. The van der Waals surface area contributed by atoms with Crippen molar-refractivity contribution in [1.29, 1.82) is 0 Å². The summed E-state index contributed by atoms with van der Waals surface area (Å²) in [5, 5.41) is 32.5. The molecule has 160 valence electrons. The highest BCUT2D eigenvalue weighted by molar-refractivity contribution is 5.83. The number of aliphatic carboxylic acids is 2. The predicted molar refractivity (Wildman–Crippen MR) is 101 cm³/mol. The van der Waals surface area contributed by atoms with Gasteiger partial charge in [-0.05, 0) is 31.9 Å². The first kappa shape index (κ1) is 22.8. The summed E-state index contributed by atoms with van der Waals surface area (Å²) in [5.41, 5.74) is 1.28. The fourth-order valence-corrected chi connectivity index (χ4v) is 4.24. The molecule has 0 aromatic heterocycles. The smallest absolute Gasteiger partial charge is 0.335 e. The Hall–Kier alpha value is -2.49. The third kappa shape index (κ3) is 5.11. The summed E-state index contributed by atoms with van der Waals surface area (Å²) >= 11 is 0. The van der Waals surface area contributed by atoms with Crippen molar-refractivity contribution >= 4 is 17.9 Å². The van der Waals surface area contributed by atoms with Gasteiger partial charge in [0.1, 0.15) is 0 Å². The number of hydrogen-bond acceptors (Lipinski definition) is 7. The Morgan fingerprint density at radius 2 is 1.59 bits per heavy atom. The number of rotatable bonds is 5. The fraction of sp³-hybridized carbons (Fsp3) is 0.550. The second-order valence-electron chi connectivity index (χ2n) is 7.33. The van der Waals surface area contributed by atoms with Crippen LogP contribution < -0.4 is 0 Å². The van der Waals surface area contributed by atoms with E-state index in [4.69, 9.17) is 25.2 Å². The van der Waals surface area contributed by atoms with Crippen LogP contribution in [0.1, 0.15) is 30.7 Å². The first-order valence-corrected chi connectivity index (χ1v) is 9.35. The standard InChI is InChI=1S/C16H21NO2.C4H6O6/c1-17-12-8-9-14(17)15(16(18)19-2)13(10-12)11-6-4-3-5-7-11;5-1(3(7)8)2(6)4(9)10/h3-7,12-15H,8-10H2,1-2H3;1-2,5-6H,(H,7,8)(H,9,10)/t12-,13+,14+,15-;/m1./s1. The third-order valence-electron chi connectivity index (χ3n) is 5.77. The van der Waals surface area contributed by atoms with Crippen LogP contribution in [0.3, 0.4) is 0 Å². The molecule has 2 saturated heterocycles. The van der Waals surface area contributed by atoms with Crippen molar-refractivity contribution in [2.75, 3.05) is 14.2 Å². The lowest BCUT2D eigenvalue weighted by Crippen LogP contribution is -2.49. The number of benzene rings is 1. The minimum absolute atomic E-state index is 0.0175. The molecule has 2 unspecified atom stereocenters. The summed E-state index contributed by atoms with van der Waals surface area (Å²) in [6.07, 6.45) is -1.14. The van der Waals surface area contributed by atoms with E-state index >= 15 is 0 Å². The number of methoxy groups -OCH3 is 1. The predicted octanol–water partition coefficient (Wildman–Crippen LogP) is 0.303. The van der Waals surface area contributed by atoms with Gasteiger partial charge in [-0.15, -0.1) is 0 Å². The molecule has 0 radical (unpaired) electrons. The van der Waals surface area contributed by atoms with Crippen LogP contribution in [-0.4, -0.2) is 81.7 Å². The van der Waals surface area contributed by atoms with E-state index < -0.39 is 24.1 Å². The van der Waals surface area contributed by atoms with Crippen LogP contribution in [0.25, 0.3) is 0 Å². The van der Waals surface area contributed by atoms with Gasteiger partial charge in [-0.1, -0.05) is 30.3 Å². The molecule has 9 heteroatoms. The maximum Gasteiger partial charge on any atom is 0.335 e. The number of piperidine rings is 1. The minimum Gasteiger partial charge on any atom is -0.479 e. The molecular weight excluding hydrogens is 382 g/mol. The molecule has 1 aromatic rings. The van der Waals surface area contributed by atoms with Crippen molar-refractivity contribution < 1.29 is 39.5 Å². The van der Waals surface area contributed by atoms with Crippen LogP contribution in [0.4, 0.5) is 0 Å². The zero-order valence-corrected chi connectivity index (χ0v) is 16.3. The number of carbonyl (C=O) groups is 3. The molecule has 29 heavy (non-hydrogen) atoms. The number of carbonyl (C=O) groups excluding carboxylic acids is 1. The van der Waals surface area contributed by atoms with Crippen molar-refractivity contribution in [2.45, 2.75) is 49.5 Å². The van der Waals surface area contributed by atoms with Gasteiger partial charge >= 0.3 is 17.9 Å². The van der Waals surface area contributed by atoms with E-state index in [1.807, 2.05) is 6.07 Å². The van der Waals surface area contributed by atoms with Gasteiger partial charge in [0.05, 0.1) is 13.0 Å². The highest BCUT2D eigenvalue weighted by atomic mass is 16.5. The second kappa shape index (κ2) is 9.82. The van der Waals surface area contributed by atoms with Crippen LogP contribution in [-0.2, 0) is 19.1 Å². The zero-order valence-electron chi connectivity index (χ0n) is 16.3. The molecule has 1 aromatic carbocycles. The minimum atomic E-state index is -2.27. The Morgan fingerprint density at radius 1 is 1.03 bits per heavy atom. The topological polar surface area (TPSA) is 145 Å². The average molecular weight is 409 g/mol. The van der Waals surface area contributed by atoms with Gasteiger partial charge in [0, 0.05) is 18.0 Å². The maximum absolute atomic E-state index is 12.2. The highest BCUT2D eigenvalue weighted by Crippen LogP contribution is 2.46. The molecule has 9 nitrogen and oxygen atoms in total. The second-order valence-corrected chi connectivity index (χ2v) is 7.33. The average Bonchev–Trinajstić information content (AvgIpc) is 2.95. The monoisotopic (exact) mass is 409 g/mol. The summed E-state index contributed by atoms with van der Waals surface area (Å²) in [4.78, 5) is 34.2. The van der Waals surface area contributed by atoms with Crippen LogP contribution in [0.5, 0.6) is 0 Å². The Kier molecular flexibility index (Phi) is 7.72. The van der Waals surface area contributed by atoms with Crippen LogP contribution in [0.15, 0.2) is 30.3 Å². The lowest BCUT2D eigenvalue weighted by molar-refractivity contribution is -0.165. The van der Waals surface area contributed by atoms with Crippen LogP contribution in [0.2, 0.25) is 0 Å². The first-order valence-electron chi connectivity index (χ1n) is 9.35. The van der Waals surface area contributed by atoms with E-state index in [0.29, 0.717) is 18.0 Å².